The number of hydrogen-bond donors (Lipinski definition) is 1. The Balaban J connectivity index is 3.07. The van der Waals surface area contributed by atoms with Crippen LogP contribution in [0.5, 0.6) is 0 Å². The number of nitrogens with zero attached hydrogens (tertiary/aromatic N) is 1. The molecule has 0 radical (unpaired) electrons. The molecule has 0 aliphatic rings. The summed E-state index contributed by atoms with van der Waals surface area (Å²) >= 11 is 0. The zero-order valence-corrected chi connectivity index (χ0v) is 13.8. The minimum absolute atomic E-state index is 0.109. The van der Waals surface area contributed by atoms with Gasteiger partial charge in [-0.3, -0.25) is 10.1 Å². The van der Waals surface area contributed by atoms with Crippen molar-refractivity contribution in [3.63, 3.8) is 0 Å². The van der Waals surface area contributed by atoms with Crippen molar-refractivity contribution in [1.29, 1.82) is 0 Å². The number of alkyl carbamates (subject to hydrolysis) is 1. The quantitative estimate of drug-likeness (QED) is 0.632. The smallest absolute Gasteiger partial charge is 0.408 e. The number of ether oxygens (including phenoxy) is 2. The van der Waals surface area contributed by atoms with Crippen LogP contribution in [0.4, 0.5) is 13.6 Å². The van der Waals surface area contributed by atoms with Gasteiger partial charge in [0.2, 0.25) is 6.54 Å². The molecule has 1 rings (SSSR count). The van der Waals surface area contributed by atoms with Crippen molar-refractivity contribution < 1.29 is 28.0 Å². The third-order valence-electron chi connectivity index (χ3n) is 2.94. The maximum absolute atomic E-state index is 14.0. The molecule has 1 aromatic rings. The lowest BCUT2D eigenvalue weighted by Gasteiger charge is -2.26. The van der Waals surface area contributed by atoms with Crippen molar-refractivity contribution in [3.05, 3.63) is 45.5 Å². The molecule has 0 bridgehead atoms. The van der Waals surface area contributed by atoms with Gasteiger partial charge >= 0.3 is 6.09 Å². The van der Waals surface area contributed by atoms with Gasteiger partial charge < -0.3 is 14.8 Å². The van der Waals surface area contributed by atoms with E-state index in [1.54, 1.807) is 20.8 Å². The average molecular weight is 346 g/mol. The third kappa shape index (κ3) is 6.07. The molecular weight excluding hydrogens is 326 g/mol. The van der Waals surface area contributed by atoms with E-state index in [4.69, 9.17) is 9.47 Å². The van der Waals surface area contributed by atoms with Crippen molar-refractivity contribution in [3.8, 4) is 0 Å². The Morgan fingerprint density at radius 2 is 2.00 bits per heavy atom. The molecule has 7 nitrogen and oxygen atoms in total. The SMILES string of the molecule is CO[C@@H](c1ccc(F)cc1F)[C@H](C[N+](=O)[O-])NC(=O)OC(C)(C)C. The lowest BCUT2D eigenvalue weighted by molar-refractivity contribution is -0.485. The van der Waals surface area contributed by atoms with Crippen LogP contribution in [0.1, 0.15) is 32.4 Å². The summed E-state index contributed by atoms with van der Waals surface area (Å²) < 4.78 is 37.2. The summed E-state index contributed by atoms with van der Waals surface area (Å²) in [7, 11) is 1.21. The van der Waals surface area contributed by atoms with Gasteiger partial charge in [0.25, 0.3) is 0 Å². The summed E-state index contributed by atoms with van der Waals surface area (Å²) in [6.45, 7) is 4.15. The zero-order valence-electron chi connectivity index (χ0n) is 13.8. The minimum atomic E-state index is -1.21. The first-order valence-corrected chi connectivity index (χ1v) is 7.12. The molecule has 0 aliphatic carbocycles. The van der Waals surface area contributed by atoms with Crippen LogP contribution < -0.4 is 5.32 Å². The molecule has 0 heterocycles. The highest BCUT2D eigenvalue weighted by Crippen LogP contribution is 2.25. The van der Waals surface area contributed by atoms with E-state index >= 15 is 0 Å². The molecule has 0 aromatic heterocycles. The van der Waals surface area contributed by atoms with Crippen molar-refractivity contribution in [2.75, 3.05) is 13.7 Å². The number of halogens is 2. The topological polar surface area (TPSA) is 90.7 Å². The number of nitro groups is 1. The summed E-state index contributed by atoms with van der Waals surface area (Å²) in [5, 5.41) is 13.2. The van der Waals surface area contributed by atoms with E-state index in [9.17, 15) is 23.7 Å². The van der Waals surface area contributed by atoms with Gasteiger partial charge in [0, 0.05) is 23.7 Å². The molecule has 2 atom stereocenters. The second-order valence-corrected chi connectivity index (χ2v) is 6.09. The van der Waals surface area contributed by atoms with E-state index in [0.717, 1.165) is 12.1 Å². The van der Waals surface area contributed by atoms with Gasteiger partial charge in [-0.05, 0) is 26.8 Å². The molecule has 0 spiro atoms. The van der Waals surface area contributed by atoms with Crippen LogP contribution in [0.15, 0.2) is 18.2 Å². The minimum Gasteiger partial charge on any atom is -0.444 e. The molecule has 0 aliphatic heterocycles. The van der Waals surface area contributed by atoms with E-state index in [0.29, 0.717) is 6.07 Å². The van der Waals surface area contributed by atoms with Crippen LogP contribution in [0.2, 0.25) is 0 Å². The van der Waals surface area contributed by atoms with Gasteiger partial charge in [0.05, 0.1) is 0 Å². The predicted molar refractivity (Wildman–Crippen MR) is 81.1 cm³/mol. The van der Waals surface area contributed by atoms with Crippen molar-refractivity contribution in [2.45, 2.75) is 38.5 Å². The van der Waals surface area contributed by atoms with E-state index in [1.165, 1.54) is 7.11 Å². The van der Waals surface area contributed by atoms with Gasteiger partial charge in [0.1, 0.15) is 29.4 Å². The molecule has 9 heteroatoms. The van der Waals surface area contributed by atoms with Crippen LogP contribution in [0, 0.1) is 21.7 Å². The highest BCUT2D eigenvalue weighted by Gasteiger charge is 2.32. The monoisotopic (exact) mass is 346 g/mol. The summed E-state index contributed by atoms with van der Waals surface area (Å²) in [5.74, 6) is -1.72. The van der Waals surface area contributed by atoms with Gasteiger partial charge in [0.15, 0.2) is 0 Å². The maximum atomic E-state index is 14.0. The van der Waals surface area contributed by atoms with E-state index in [1.807, 2.05) is 0 Å². The van der Waals surface area contributed by atoms with Gasteiger partial charge in [-0.1, -0.05) is 6.07 Å². The van der Waals surface area contributed by atoms with Gasteiger partial charge in [-0.15, -0.1) is 0 Å². The standard InChI is InChI=1S/C15H20F2N2O5/c1-15(2,3)24-14(20)18-12(8-19(21)22)13(23-4)10-6-5-9(16)7-11(10)17/h5-7,12-13H,8H2,1-4H3,(H,18,20)/t12-,13-/m0/s1. The van der Waals surface area contributed by atoms with Gasteiger partial charge in [-0.2, -0.15) is 0 Å². The number of hydrogen-bond acceptors (Lipinski definition) is 5. The summed E-state index contributed by atoms with van der Waals surface area (Å²) in [4.78, 5) is 22.1. The zero-order chi connectivity index (χ0) is 18.5. The van der Waals surface area contributed by atoms with Crippen LogP contribution in [0.3, 0.4) is 0 Å². The van der Waals surface area contributed by atoms with Crippen molar-refractivity contribution in [2.24, 2.45) is 0 Å². The van der Waals surface area contributed by atoms with E-state index in [2.05, 4.69) is 5.32 Å². The Labute approximate surface area is 138 Å². The molecule has 1 amide bonds. The highest BCUT2D eigenvalue weighted by atomic mass is 19.1. The summed E-state index contributed by atoms with van der Waals surface area (Å²) in [6, 6.07) is 1.54. The summed E-state index contributed by atoms with van der Waals surface area (Å²) in [5.41, 5.74) is -0.922. The number of nitrogens with one attached hydrogen (secondary N) is 1. The van der Waals surface area contributed by atoms with Crippen LogP contribution >= 0.6 is 0 Å². The predicted octanol–water partition coefficient (Wildman–Crippen LogP) is 2.82. The Morgan fingerprint density at radius 3 is 2.46 bits per heavy atom. The second-order valence-electron chi connectivity index (χ2n) is 6.09. The number of rotatable bonds is 6. The van der Waals surface area contributed by atoms with E-state index in [-0.39, 0.29) is 5.56 Å². The van der Waals surface area contributed by atoms with Crippen molar-refractivity contribution in [1.82, 2.24) is 5.32 Å². The molecule has 1 N–H and O–H groups in total. The lowest BCUT2D eigenvalue weighted by Crippen LogP contribution is -2.46. The first kappa shape index (κ1) is 19.8. The number of methoxy groups -OCH3 is 1. The Hall–Kier alpha value is -2.29. The van der Waals surface area contributed by atoms with Gasteiger partial charge in [-0.25, -0.2) is 13.6 Å². The Kier molecular flexibility index (Phi) is 6.59. The first-order chi connectivity index (χ1) is 11.0. The summed E-state index contributed by atoms with van der Waals surface area (Å²) in [6.07, 6.45) is -2.09. The molecular formula is C15H20F2N2O5. The molecule has 0 unspecified atom stereocenters. The van der Waals surface area contributed by atoms with E-state index < -0.39 is 46.9 Å². The van der Waals surface area contributed by atoms with Crippen LogP contribution in [0.25, 0.3) is 0 Å². The molecule has 134 valence electrons. The number of amides is 1. The largest absolute Gasteiger partial charge is 0.444 e. The fraction of sp³-hybridized carbons (Fsp3) is 0.533. The Morgan fingerprint density at radius 1 is 1.38 bits per heavy atom. The van der Waals surface area contributed by atoms with Crippen LogP contribution in [-0.2, 0) is 9.47 Å². The average Bonchev–Trinajstić information content (AvgIpc) is 2.38. The molecule has 0 saturated heterocycles. The third-order valence-corrected chi connectivity index (χ3v) is 2.94. The molecule has 24 heavy (non-hydrogen) atoms. The fourth-order valence-corrected chi connectivity index (χ4v) is 2.08. The highest BCUT2D eigenvalue weighted by molar-refractivity contribution is 5.68. The van der Waals surface area contributed by atoms with Crippen molar-refractivity contribution >= 4 is 6.09 Å². The number of carbonyl (C=O) groups is 1. The second kappa shape index (κ2) is 8.00. The molecule has 0 fully saturated rings. The molecule has 1 aromatic carbocycles. The van der Waals surface area contributed by atoms with Crippen LogP contribution in [-0.4, -0.2) is 36.3 Å². The Bertz CT molecular complexity index is 604. The first-order valence-electron chi connectivity index (χ1n) is 7.12. The normalized spacial score (nSPS) is 13.9. The number of benzene rings is 1. The lowest BCUT2D eigenvalue weighted by atomic mass is 10.0. The fourth-order valence-electron chi connectivity index (χ4n) is 2.08. The maximum Gasteiger partial charge on any atom is 0.408 e. The molecule has 0 saturated carbocycles. The number of carbonyl (C=O) groups excluding carboxylic acids is 1.